The molecule has 1 atom stereocenters. The summed E-state index contributed by atoms with van der Waals surface area (Å²) in [7, 11) is 0. The second-order valence-corrected chi connectivity index (χ2v) is 6.36. The van der Waals surface area contributed by atoms with Gasteiger partial charge < -0.3 is 10.1 Å². The molecule has 1 unspecified atom stereocenters. The Hall–Kier alpha value is -3.22. The zero-order valence-electron chi connectivity index (χ0n) is 15.7. The molecule has 0 aliphatic carbocycles. The van der Waals surface area contributed by atoms with Crippen LogP contribution in [-0.2, 0) is 11.3 Å². The van der Waals surface area contributed by atoms with Gasteiger partial charge in [0.15, 0.2) is 17.7 Å². The summed E-state index contributed by atoms with van der Waals surface area (Å²) < 4.78 is 34.8. The molecule has 0 saturated carbocycles. The van der Waals surface area contributed by atoms with Gasteiger partial charge in [-0.2, -0.15) is 5.10 Å². The van der Waals surface area contributed by atoms with Gasteiger partial charge in [0.25, 0.3) is 5.91 Å². The first-order valence-corrected chi connectivity index (χ1v) is 8.97. The highest BCUT2D eigenvalue weighted by Gasteiger charge is 2.22. The summed E-state index contributed by atoms with van der Waals surface area (Å²) >= 11 is 0. The van der Waals surface area contributed by atoms with E-state index in [0.29, 0.717) is 17.8 Å². The number of rotatable bonds is 7. The van der Waals surface area contributed by atoms with Crippen molar-refractivity contribution in [2.45, 2.75) is 32.9 Å². The molecule has 7 heteroatoms. The van der Waals surface area contributed by atoms with Gasteiger partial charge in [-0.1, -0.05) is 37.3 Å². The topological polar surface area (TPSA) is 56.1 Å². The van der Waals surface area contributed by atoms with Crippen LogP contribution in [-0.4, -0.2) is 21.8 Å². The third-order valence-electron chi connectivity index (χ3n) is 4.31. The predicted octanol–water partition coefficient (Wildman–Crippen LogP) is 4.31. The van der Waals surface area contributed by atoms with Crippen LogP contribution in [0.2, 0.25) is 0 Å². The minimum absolute atomic E-state index is 0.0149. The molecule has 3 rings (SSSR count). The maximum atomic E-state index is 14.0. The van der Waals surface area contributed by atoms with Gasteiger partial charge >= 0.3 is 0 Å². The molecular formula is C21H21F2N3O2. The fraction of sp³-hybridized carbons (Fsp3) is 0.238. The Morgan fingerprint density at radius 2 is 1.82 bits per heavy atom. The lowest BCUT2D eigenvalue weighted by atomic mass is 10.2. The van der Waals surface area contributed by atoms with Gasteiger partial charge in [-0.05, 0) is 31.5 Å². The lowest BCUT2D eigenvalue weighted by Crippen LogP contribution is -2.33. The minimum Gasteiger partial charge on any atom is -0.478 e. The van der Waals surface area contributed by atoms with Gasteiger partial charge in [0.2, 0.25) is 0 Å². The van der Waals surface area contributed by atoms with Gasteiger partial charge in [-0.3, -0.25) is 4.79 Å². The highest BCUT2D eigenvalue weighted by atomic mass is 19.1. The smallest absolute Gasteiger partial charge is 0.266 e. The molecule has 146 valence electrons. The normalized spacial score (nSPS) is 11.9. The average Bonchev–Trinajstić information content (AvgIpc) is 3.02. The minimum atomic E-state index is -0.881. The molecule has 1 N–H and O–H groups in total. The van der Waals surface area contributed by atoms with Crippen molar-refractivity contribution in [1.82, 2.24) is 9.78 Å². The number of hydrogen-bond donors (Lipinski definition) is 1. The Morgan fingerprint density at radius 1 is 1.14 bits per heavy atom. The summed E-state index contributed by atoms with van der Waals surface area (Å²) in [5, 5.41) is 7.00. The van der Waals surface area contributed by atoms with Crippen LogP contribution in [0.25, 0.3) is 0 Å². The third kappa shape index (κ3) is 4.36. The van der Waals surface area contributed by atoms with Gasteiger partial charge in [0.05, 0.1) is 12.7 Å². The van der Waals surface area contributed by atoms with Crippen LogP contribution in [0.1, 0.15) is 24.5 Å². The van der Waals surface area contributed by atoms with E-state index in [1.807, 2.05) is 0 Å². The van der Waals surface area contributed by atoms with Gasteiger partial charge in [-0.25, -0.2) is 13.5 Å². The Bertz CT molecular complexity index is 972. The molecule has 0 radical (unpaired) electrons. The third-order valence-corrected chi connectivity index (χ3v) is 4.31. The summed E-state index contributed by atoms with van der Waals surface area (Å²) in [6, 6.07) is 12.3. The van der Waals surface area contributed by atoms with Crippen molar-refractivity contribution in [3.8, 4) is 5.75 Å². The molecule has 0 fully saturated rings. The number of amides is 1. The zero-order valence-corrected chi connectivity index (χ0v) is 15.7. The highest BCUT2D eigenvalue weighted by Crippen LogP contribution is 2.21. The van der Waals surface area contributed by atoms with Crippen molar-refractivity contribution >= 4 is 11.7 Å². The number of anilines is 1. The molecule has 2 aromatic carbocycles. The predicted molar refractivity (Wildman–Crippen MR) is 102 cm³/mol. The zero-order chi connectivity index (χ0) is 20.1. The Labute approximate surface area is 161 Å². The summed E-state index contributed by atoms with van der Waals surface area (Å²) in [5.74, 6) is -0.842. The van der Waals surface area contributed by atoms with E-state index in [9.17, 15) is 13.6 Å². The molecule has 0 saturated heterocycles. The van der Waals surface area contributed by atoms with Crippen LogP contribution in [0.3, 0.4) is 0 Å². The Kier molecular flexibility index (Phi) is 6.03. The quantitative estimate of drug-likeness (QED) is 0.659. The monoisotopic (exact) mass is 385 g/mol. The van der Waals surface area contributed by atoms with E-state index >= 15 is 0 Å². The number of para-hydroxylation sites is 1. The Balaban J connectivity index is 1.77. The first-order valence-electron chi connectivity index (χ1n) is 8.97. The number of halogens is 2. The van der Waals surface area contributed by atoms with Gasteiger partial charge in [0.1, 0.15) is 11.6 Å². The standard InChI is InChI=1S/C21H21F2N3O2/c1-3-18(28-19-11-7-6-10-17(19)23)21(27)25-20-14(2)12-24-26(20)13-15-8-4-5-9-16(15)22/h4-12,18H,3,13H2,1-2H3,(H,25,27). The number of nitrogens with zero attached hydrogens (tertiary/aromatic N) is 2. The largest absolute Gasteiger partial charge is 0.478 e. The van der Waals surface area contributed by atoms with E-state index < -0.39 is 17.8 Å². The van der Waals surface area contributed by atoms with E-state index in [1.54, 1.807) is 50.4 Å². The molecule has 0 spiro atoms. The molecule has 0 aliphatic heterocycles. The van der Waals surface area contributed by atoms with E-state index in [0.717, 1.165) is 5.56 Å². The summed E-state index contributed by atoms with van der Waals surface area (Å²) in [6.07, 6.45) is 1.06. The van der Waals surface area contributed by atoms with Crippen molar-refractivity contribution in [3.05, 3.63) is 77.5 Å². The highest BCUT2D eigenvalue weighted by molar-refractivity contribution is 5.94. The molecule has 0 aliphatic rings. The van der Waals surface area contributed by atoms with Crippen LogP contribution in [0.5, 0.6) is 5.75 Å². The number of carbonyl (C=O) groups is 1. The van der Waals surface area contributed by atoms with E-state index in [2.05, 4.69) is 10.4 Å². The second-order valence-electron chi connectivity index (χ2n) is 6.36. The number of nitrogens with one attached hydrogen (secondary N) is 1. The number of benzene rings is 2. The van der Waals surface area contributed by atoms with Crippen LogP contribution >= 0.6 is 0 Å². The van der Waals surface area contributed by atoms with Crippen LogP contribution in [0.15, 0.2) is 54.7 Å². The SMILES string of the molecule is CCC(Oc1ccccc1F)C(=O)Nc1c(C)cnn1Cc1ccccc1F. The number of ether oxygens (including phenoxy) is 1. The lowest BCUT2D eigenvalue weighted by Gasteiger charge is -2.18. The summed E-state index contributed by atoms with van der Waals surface area (Å²) in [5.41, 5.74) is 1.18. The number of hydrogen-bond acceptors (Lipinski definition) is 3. The van der Waals surface area contributed by atoms with Crippen LogP contribution in [0.4, 0.5) is 14.6 Å². The first-order chi connectivity index (χ1) is 13.5. The number of carbonyl (C=O) groups excluding carboxylic acids is 1. The van der Waals surface area contributed by atoms with Gasteiger partial charge in [0, 0.05) is 11.1 Å². The molecule has 1 amide bonds. The van der Waals surface area contributed by atoms with Crippen molar-refractivity contribution < 1.29 is 18.3 Å². The first kappa shape index (κ1) is 19.5. The molecule has 1 aromatic heterocycles. The fourth-order valence-electron chi connectivity index (χ4n) is 2.76. The fourth-order valence-corrected chi connectivity index (χ4v) is 2.76. The van der Waals surface area contributed by atoms with Crippen molar-refractivity contribution in [2.75, 3.05) is 5.32 Å². The summed E-state index contributed by atoms with van der Waals surface area (Å²) in [4.78, 5) is 12.7. The lowest BCUT2D eigenvalue weighted by molar-refractivity contribution is -0.123. The second kappa shape index (κ2) is 8.65. The molecule has 3 aromatic rings. The maximum absolute atomic E-state index is 14.0. The molecular weight excluding hydrogens is 364 g/mol. The van der Waals surface area contributed by atoms with Gasteiger partial charge in [-0.15, -0.1) is 0 Å². The molecule has 0 bridgehead atoms. The van der Waals surface area contributed by atoms with E-state index in [1.165, 1.54) is 22.9 Å². The number of aryl methyl sites for hydroxylation is 1. The Morgan fingerprint density at radius 3 is 2.50 bits per heavy atom. The average molecular weight is 385 g/mol. The maximum Gasteiger partial charge on any atom is 0.266 e. The van der Waals surface area contributed by atoms with E-state index in [4.69, 9.17) is 4.74 Å². The molecule has 5 nitrogen and oxygen atoms in total. The summed E-state index contributed by atoms with van der Waals surface area (Å²) in [6.45, 7) is 3.73. The number of aromatic nitrogens is 2. The van der Waals surface area contributed by atoms with Crippen molar-refractivity contribution in [1.29, 1.82) is 0 Å². The van der Waals surface area contributed by atoms with E-state index in [-0.39, 0.29) is 18.1 Å². The molecule has 28 heavy (non-hydrogen) atoms. The van der Waals surface area contributed by atoms with Crippen molar-refractivity contribution in [2.24, 2.45) is 0 Å². The van der Waals surface area contributed by atoms with Crippen LogP contribution in [0, 0.1) is 18.6 Å². The van der Waals surface area contributed by atoms with Crippen molar-refractivity contribution in [3.63, 3.8) is 0 Å². The molecule has 1 heterocycles. The van der Waals surface area contributed by atoms with Crippen LogP contribution < -0.4 is 10.1 Å².